The van der Waals surface area contributed by atoms with Crippen molar-refractivity contribution < 1.29 is 13.5 Å². The number of aryl methyl sites for hydroxylation is 2. The van der Waals surface area contributed by atoms with Gasteiger partial charge in [0, 0.05) is 5.56 Å². The van der Waals surface area contributed by atoms with Crippen molar-refractivity contribution in [1.29, 1.82) is 0 Å². The van der Waals surface area contributed by atoms with Crippen molar-refractivity contribution in [2.45, 2.75) is 37.4 Å². The highest BCUT2D eigenvalue weighted by atomic mass is 32.2. The zero-order valence-corrected chi connectivity index (χ0v) is 12.5. The van der Waals surface area contributed by atoms with Gasteiger partial charge in [0.25, 0.3) is 0 Å². The van der Waals surface area contributed by atoms with Crippen molar-refractivity contribution in [2.24, 2.45) is 0 Å². The fraction of sp³-hybridized carbons (Fsp3) is 0.429. The van der Waals surface area contributed by atoms with Gasteiger partial charge in [-0.2, -0.15) is 10.1 Å². The number of hydrogen-bond acceptors (Lipinski definition) is 5. The Balaban J connectivity index is 1.92. The summed E-state index contributed by atoms with van der Waals surface area (Å²) in [6.45, 7) is 1.43. The predicted molar refractivity (Wildman–Crippen MR) is 77.6 cm³/mol. The Bertz CT molecular complexity index is 766. The molecule has 0 radical (unpaired) electrons. The first kappa shape index (κ1) is 14.2. The number of fused-ring (bicyclic) bond motifs is 1. The molecule has 21 heavy (non-hydrogen) atoms. The van der Waals surface area contributed by atoms with Crippen molar-refractivity contribution in [3.05, 3.63) is 29.3 Å². The van der Waals surface area contributed by atoms with Crippen LogP contribution in [0.5, 0.6) is 0 Å². The Kier molecular flexibility index (Phi) is 3.54. The van der Waals surface area contributed by atoms with Crippen LogP contribution in [0.2, 0.25) is 0 Å². The van der Waals surface area contributed by atoms with Crippen LogP contribution in [0.1, 0.15) is 24.5 Å². The molecule has 112 valence electrons. The molecule has 6 nitrogen and oxygen atoms in total. The summed E-state index contributed by atoms with van der Waals surface area (Å²) in [5.41, 5.74) is 3.44. The average molecular weight is 307 g/mol. The second kappa shape index (κ2) is 5.23. The standard InChI is InChI=1S/C14H17N3O3S/c1-9(18)8-21(19,20)14-15-13(16-17-14)12-6-5-10-3-2-4-11(10)7-12/h5-7,9,18H,2-4,8H2,1H3,(H,15,16,17)/t9-/m1/s1. The molecule has 2 N–H and O–H groups in total. The van der Waals surface area contributed by atoms with Gasteiger partial charge < -0.3 is 5.11 Å². The summed E-state index contributed by atoms with van der Waals surface area (Å²) in [7, 11) is -3.64. The van der Waals surface area contributed by atoms with Crippen LogP contribution in [0.25, 0.3) is 11.4 Å². The number of aromatic amines is 1. The Labute approximate surface area is 123 Å². The molecule has 3 rings (SSSR count). The van der Waals surface area contributed by atoms with Crippen molar-refractivity contribution in [1.82, 2.24) is 15.2 Å². The molecule has 1 aromatic carbocycles. The third kappa shape index (κ3) is 2.84. The van der Waals surface area contributed by atoms with Crippen LogP contribution in [-0.2, 0) is 22.7 Å². The van der Waals surface area contributed by atoms with Gasteiger partial charge in [-0.05, 0) is 43.4 Å². The Morgan fingerprint density at radius 1 is 1.33 bits per heavy atom. The third-order valence-electron chi connectivity index (χ3n) is 3.58. The van der Waals surface area contributed by atoms with Crippen LogP contribution >= 0.6 is 0 Å². The van der Waals surface area contributed by atoms with Gasteiger partial charge in [-0.1, -0.05) is 12.1 Å². The molecule has 0 saturated heterocycles. The summed E-state index contributed by atoms with van der Waals surface area (Å²) in [5.74, 6) is 0.0000971. The SMILES string of the molecule is C[C@@H](O)CS(=O)(=O)c1nc(-c2ccc3c(c2)CCC3)n[nH]1. The van der Waals surface area contributed by atoms with Gasteiger partial charge in [0.15, 0.2) is 5.82 Å². The molecule has 1 aliphatic carbocycles. The third-order valence-corrected chi connectivity index (χ3v) is 5.27. The summed E-state index contributed by atoms with van der Waals surface area (Å²) in [4.78, 5) is 4.06. The van der Waals surface area contributed by atoms with E-state index in [0.717, 1.165) is 24.8 Å². The van der Waals surface area contributed by atoms with E-state index in [1.54, 1.807) is 0 Å². The fourth-order valence-corrected chi connectivity index (χ4v) is 3.83. The monoisotopic (exact) mass is 307 g/mol. The van der Waals surface area contributed by atoms with Crippen LogP contribution in [0, 0.1) is 0 Å². The van der Waals surface area contributed by atoms with Crippen LogP contribution in [-0.4, -0.2) is 40.6 Å². The van der Waals surface area contributed by atoms with E-state index >= 15 is 0 Å². The number of H-pyrrole nitrogens is 1. The van der Waals surface area contributed by atoms with E-state index in [0.29, 0.717) is 5.82 Å². The normalized spacial score (nSPS) is 15.9. The molecular weight excluding hydrogens is 290 g/mol. The maximum atomic E-state index is 12.0. The van der Waals surface area contributed by atoms with E-state index < -0.39 is 15.9 Å². The quantitative estimate of drug-likeness (QED) is 0.882. The summed E-state index contributed by atoms with van der Waals surface area (Å²) < 4.78 is 24.0. The Morgan fingerprint density at radius 3 is 2.86 bits per heavy atom. The maximum absolute atomic E-state index is 12.0. The molecule has 0 amide bonds. The number of nitrogens with one attached hydrogen (secondary N) is 1. The molecular formula is C14H17N3O3S. The molecule has 2 aromatic rings. The number of aromatic nitrogens is 3. The van der Waals surface area contributed by atoms with Crippen molar-refractivity contribution in [3.63, 3.8) is 0 Å². The minimum absolute atomic E-state index is 0.195. The van der Waals surface area contributed by atoms with E-state index in [1.165, 1.54) is 18.1 Å². The van der Waals surface area contributed by atoms with Crippen LogP contribution in [0.4, 0.5) is 0 Å². The molecule has 7 heteroatoms. The molecule has 1 aromatic heterocycles. The number of rotatable bonds is 4. The van der Waals surface area contributed by atoms with E-state index in [2.05, 4.69) is 21.2 Å². The van der Waals surface area contributed by atoms with Gasteiger partial charge in [0.05, 0.1) is 11.9 Å². The molecule has 0 bridgehead atoms. The first-order chi connectivity index (χ1) is 9.95. The lowest BCUT2D eigenvalue weighted by Gasteiger charge is -2.02. The first-order valence-electron chi connectivity index (χ1n) is 6.91. The van der Waals surface area contributed by atoms with Crippen molar-refractivity contribution in [2.75, 3.05) is 5.75 Å². The first-order valence-corrected chi connectivity index (χ1v) is 8.56. The highest BCUT2D eigenvalue weighted by Gasteiger charge is 2.22. The molecule has 1 atom stereocenters. The highest BCUT2D eigenvalue weighted by Crippen LogP contribution is 2.26. The summed E-state index contributed by atoms with van der Waals surface area (Å²) >= 11 is 0. The largest absolute Gasteiger partial charge is 0.392 e. The van der Waals surface area contributed by atoms with Crippen LogP contribution in [0.3, 0.4) is 0 Å². The lowest BCUT2D eigenvalue weighted by molar-refractivity contribution is 0.218. The smallest absolute Gasteiger partial charge is 0.243 e. The lowest BCUT2D eigenvalue weighted by Crippen LogP contribution is -2.18. The van der Waals surface area contributed by atoms with Crippen molar-refractivity contribution in [3.8, 4) is 11.4 Å². The van der Waals surface area contributed by atoms with Gasteiger partial charge in [-0.15, -0.1) is 0 Å². The summed E-state index contributed by atoms with van der Waals surface area (Å²) in [5, 5.41) is 15.5. The van der Waals surface area contributed by atoms with Gasteiger partial charge in [-0.3, -0.25) is 0 Å². The Morgan fingerprint density at radius 2 is 2.10 bits per heavy atom. The Hall–Kier alpha value is -1.73. The summed E-state index contributed by atoms with van der Waals surface area (Å²) in [6.07, 6.45) is 2.35. The number of benzene rings is 1. The van der Waals surface area contributed by atoms with E-state index in [4.69, 9.17) is 0 Å². The minimum atomic E-state index is -3.64. The molecule has 0 saturated carbocycles. The number of aliphatic hydroxyl groups excluding tert-OH is 1. The highest BCUT2D eigenvalue weighted by molar-refractivity contribution is 7.91. The average Bonchev–Trinajstić information content (AvgIpc) is 3.06. The molecule has 0 unspecified atom stereocenters. The molecule has 0 aliphatic heterocycles. The maximum Gasteiger partial charge on any atom is 0.243 e. The fourth-order valence-electron chi connectivity index (χ4n) is 2.62. The van der Waals surface area contributed by atoms with Gasteiger partial charge in [0.1, 0.15) is 0 Å². The number of nitrogens with zero attached hydrogens (tertiary/aromatic N) is 2. The molecule has 1 heterocycles. The van der Waals surface area contributed by atoms with Crippen LogP contribution < -0.4 is 0 Å². The van der Waals surface area contributed by atoms with E-state index in [9.17, 15) is 13.5 Å². The van der Waals surface area contributed by atoms with Gasteiger partial charge >= 0.3 is 0 Å². The zero-order chi connectivity index (χ0) is 15.0. The second-order valence-electron chi connectivity index (χ2n) is 5.43. The topological polar surface area (TPSA) is 95.9 Å². The van der Waals surface area contributed by atoms with E-state index in [-0.39, 0.29) is 10.9 Å². The summed E-state index contributed by atoms with van der Waals surface area (Å²) in [6, 6.07) is 5.99. The van der Waals surface area contributed by atoms with Gasteiger partial charge in [0.2, 0.25) is 15.0 Å². The molecule has 1 aliphatic rings. The van der Waals surface area contributed by atoms with E-state index in [1.807, 2.05) is 12.1 Å². The second-order valence-corrected chi connectivity index (χ2v) is 7.38. The lowest BCUT2D eigenvalue weighted by atomic mass is 10.1. The van der Waals surface area contributed by atoms with Gasteiger partial charge in [-0.25, -0.2) is 13.5 Å². The van der Waals surface area contributed by atoms with Crippen molar-refractivity contribution >= 4 is 9.84 Å². The molecule has 0 fully saturated rings. The van der Waals surface area contributed by atoms with Crippen LogP contribution in [0.15, 0.2) is 23.4 Å². The molecule has 0 spiro atoms. The number of sulfone groups is 1. The minimum Gasteiger partial charge on any atom is -0.392 e. The predicted octanol–water partition coefficient (Wildman–Crippen LogP) is 1.11. The number of aliphatic hydroxyl groups is 1. The number of hydrogen-bond donors (Lipinski definition) is 2. The zero-order valence-electron chi connectivity index (χ0n) is 11.7.